The highest BCUT2D eigenvalue weighted by Gasteiger charge is 2.23. The summed E-state index contributed by atoms with van der Waals surface area (Å²) in [6.07, 6.45) is -0.171. The molecule has 10 heteroatoms. The van der Waals surface area contributed by atoms with E-state index in [4.69, 9.17) is 23.2 Å². The lowest BCUT2D eigenvalue weighted by molar-refractivity contribution is -0.387. The van der Waals surface area contributed by atoms with Crippen LogP contribution in [0.4, 0.5) is 11.4 Å². The van der Waals surface area contributed by atoms with E-state index in [0.29, 0.717) is 21.3 Å². The Labute approximate surface area is 154 Å². The highest BCUT2D eigenvalue weighted by Crippen LogP contribution is 2.31. The van der Waals surface area contributed by atoms with E-state index in [-0.39, 0.29) is 6.54 Å². The Morgan fingerprint density at radius 2 is 1.84 bits per heavy atom. The van der Waals surface area contributed by atoms with Crippen molar-refractivity contribution >= 4 is 44.4 Å². The van der Waals surface area contributed by atoms with Gasteiger partial charge in [-0.3, -0.25) is 10.1 Å². The molecule has 2 aromatic rings. The third-order valence-corrected chi connectivity index (χ3v) is 5.17. The smallest absolute Gasteiger partial charge is 0.288 e. The number of nitrogens with one attached hydrogen (secondary N) is 1. The Balaban J connectivity index is 2.25. The van der Waals surface area contributed by atoms with Gasteiger partial charge in [0, 0.05) is 40.2 Å². The van der Waals surface area contributed by atoms with Gasteiger partial charge in [0.05, 0.1) is 11.0 Å². The molecule has 1 atom stereocenters. The summed E-state index contributed by atoms with van der Waals surface area (Å²) in [6.45, 7) is -0.0233. The first kappa shape index (κ1) is 19.5. The van der Waals surface area contributed by atoms with Crippen molar-refractivity contribution in [3.05, 3.63) is 62.1 Å². The van der Waals surface area contributed by atoms with Crippen molar-refractivity contribution in [3.8, 4) is 0 Å². The average Bonchev–Trinajstić information content (AvgIpc) is 2.51. The summed E-state index contributed by atoms with van der Waals surface area (Å²) >= 11 is 12.0. The number of aliphatic hydroxyl groups is 1. The number of nitrogens with zero attached hydrogens (tertiary/aromatic N) is 1. The molecule has 0 bridgehead atoms. The van der Waals surface area contributed by atoms with E-state index in [1.807, 2.05) is 0 Å². The summed E-state index contributed by atoms with van der Waals surface area (Å²) in [7, 11) is -3.79. The molecule has 0 spiro atoms. The molecule has 0 aliphatic carbocycles. The maximum atomic E-state index is 11.7. The van der Waals surface area contributed by atoms with Crippen LogP contribution < -0.4 is 5.32 Å². The molecule has 1 unspecified atom stereocenters. The molecule has 0 saturated heterocycles. The topological polar surface area (TPSA) is 110 Å². The molecular weight excluding hydrogens is 391 g/mol. The van der Waals surface area contributed by atoms with Crippen LogP contribution in [-0.4, -0.2) is 31.2 Å². The van der Waals surface area contributed by atoms with Crippen LogP contribution in [0.2, 0.25) is 10.0 Å². The molecular formula is C15H14Cl2N2O5S. The molecule has 2 rings (SSSR count). The molecule has 134 valence electrons. The number of aliphatic hydroxyl groups excluding tert-OH is 1. The van der Waals surface area contributed by atoms with Gasteiger partial charge in [0.2, 0.25) is 0 Å². The molecule has 0 aliphatic rings. The van der Waals surface area contributed by atoms with Crippen molar-refractivity contribution in [3.63, 3.8) is 0 Å². The fraction of sp³-hybridized carbons (Fsp3) is 0.200. The summed E-state index contributed by atoms with van der Waals surface area (Å²) in [5.41, 5.74) is 0.125. The quantitative estimate of drug-likeness (QED) is 0.563. The first-order chi connectivity index (χ1) is 11.6. The predicted octanol–water partition coefficient (Wildman–Crippen LogP) is 3.45. The third-order valence-electron chi connectivity index (χ3n) is 3.39. The maximum absolute atomic E-state index is 11.7. The summed E-state index contributed by atoms with van der Waals surface area (Å²) in [5.74, 6) is 0. The van der Waals surface area contributed by atoms with Gasteiger partial charge in [-0.25, -0.2) is 8.42 Å². The zero-order valence-corrected chi connectivity index (χ0v) is 15.3. The molecule has 0 saturated carbocycles. The lowest BCUT2D eigenvalue weighted by Crippen LogP contribution is -2.13. The normalized spacial score (nSPS) is 12.6. The number of rotatable bonds is 6. The van der Waals surface area contributed by atoms with Crippen molar-refractivity contribution in [2.45, 2.75) is 11.0 Å². The zero-order valence-electron chi connectivity index (χ0n) is 12.9. The molecule has 25 heavy (non-hydrogen) atoms. The van der Waals surface area contributed by atoms with Gasteiger partial charge in [-0.15, -0.1) is 0 Å². The van der Waals surface area contributed by atoms with Crippen LogP contribution in [0.25, 0.3) is 0 Å². The van der Waals surface area contributed by atoms with Crippen LogP contribution in [0.15, 0.2) is 41.3 Å². The van der Waals surface area contributed by atoms with E-state index < -0.39 is 31.4 Å². The van der Waals surface area contributed by atoms with Crippen LogP contribution in [0.3, 0.4) is 0 Å². The molecule has 0 fully saturated rings. The van der Waals surface area contributed by atoms with Crippen LogP contribution in [-0.2, 0) is 9.84 Å². The minimum Gasteiger partial charge on any atom is -0.386 e. The fourth-order valence-corrected chi connectivity index (χ4v) is 3.73. The van der Waals surface area contributed by atoms with E-state index in [2.05, 4.69) is 5.32 Å². The van der Waals surface area contributed by atoms with Crippen LogP contribution in [0.5, 0.6) is 0 Å². The number of halogens is 2. The van der Waals surface area contributed by atoms with Crippen molar-refractivity contribution in [1.82, 2.24) is 0 Å². The molecule has 2 N–H and O–H groups in total. The van der Waals surface area contributed by atoms with Gasteiger partial charge in [0.15, 0.2) is 9.84 Å². The number of anilines is 1. The SMILES string of the molecule is CS(=O)(=O)c1cc(NCC(O)c2c(Cl)cccc2Cl)ccc1[N+](=O)[O-]. The Kier molecular flexibility index (Phi) is 5.89. The first-order valence-corrected chi connectivity index (χ1v) is 9.60. The van der Waals surface area contributed by atoms with Gasteiger partial charge < -0.3 is 10.4 Å². The third kappa shape index (κ3) is 4.60. The largest absolute Gasteiger partial charge is 0.386 e. The minimum atomic E-state index is -3.79. The number of nitro groups is 1. The van der Waals surface area contributed by atoms with Crippen molar-refractivity contribution in [2.24, 2.45) is 0 Å². The standard InChI is InChI=1S/C15H14Cl2N2O5S/c1-25(23,24)14-7-9(5-6-12(14)19(21)22)18-8-13(20)15-10(16)3-2-4-11(15)17/h2-7,13,18,20H,8H2,1H3. The lowest BCUT2D eigenvalue weighted by Gasteiger charge is -2.16. The minimum absolute atomic E-state index is 0.0233. The second kappa shape index (κ2) is 7.57. The van der Waals surface area contributed by atoms with Crippen molar-refractivity contribution in [2.75, 3.05) is 18.1 Å². The molecule has 2 aromatic carbocycles. The number of hydrogen-bond donors (Lipinski definition) is 2. The Morgan fingerprint density at radius 1 is 1.24 bits per heavy atom. The Bertz CT molecular complexity index is 898. The number of sulfone groups is 1. The predicted molar refractivity (Wildman–Crippen MR) is 96.1 cm³/mol. The van der Waals surface area contributed by atoms with E-state index in [1.165, 1.54) is 6.07 Å². The Hall–Kier alpha value is -1.87. The molecule has 0 amide bonds. The first-order valence-electron chi connectivity index (χ1n) is 6.95. The van der Waals surface area contributed by atoms with Crippen LogP contribution >= 0.6 is 23.2 Å². The molecule has 0 aromatic heterocycles. The Morgan fingerprint density at radius 3 is 2.36 bits per heavy atom. The molecule has 0 aliphatic heterocycles. The monoisotopic (exact) mass is 404 g/mol. The summed E-state index contributed by atoms with van der Waals surface area (Å²) in [6, 6.07) is 8.40. The zero-order chi connectivity index (χ0) is 18.8. The number of hydrogen-bond acceptors (Lipinski definition) is 6. The summed E-state index contributed by atoms with van der Waals surface area (Å²) < 4.78 is 23.5. The highest BCUT2D eigenvalue weighted by atomic mass is 35.5. The maximum Gasteiger partial charge on any atom is 0.288 e. The van der Waals surface area contributed by atoms with Gasteiger partial charge in [-0.05, 0) is 24.3 Å². The highest BCUT2D eigenvalue weighted by molar-refractivity contribution is 7.90. The molecule has 0 heterocycles. The van der Waals surface area contributed by atoms with Crippen LogP contribution in [0.1, 0.15) is 11.7 Å². The lowest BCUT2D eigenvalue weighted by atomic mass is 10.1. The average molecular weight is 405 g/mol. The second-order valence-electron chi connectivity index (χ2n) is 5.24. The molecule has 7 nitrogen and oxygen atoms in total. The van der Waals surface area contributed by atoms with Crippen LogP contribution in [0, 0.1) is 10.1 Å². The van der Waals surface area contributed by atoms with Gasteiger partial charge >= 0.3 is 0 Å². The van der Waals surface area contributed by atoms with Gasteiger partial charge in [-0.1, -0.05) is 29.3 Å². The van der Waals surface area contributed by atoms with Crippen molar-refractivity contribution < 1.29 is 18.4 Å². The van der Waals surface area contributed by atoms with Gasteiger partial charge in [0.1, 0.15) is 4.90 Å². The van der Waals surface area contributed by atoms with Gasteiger partial charge in [-0.2, -0.15) is 0 Å². The van der Waals surface area contributed by atoms with E-state index in [1.54, 1.807) is 18.2 Å². The molecule has 0 radical (unpaired) electrons. The van der Waals surface area contributed by atoms with Crippen molar-refractivity contribution in [1.29, 1.82) is 0 Å². The number of benzene rings is 2. The van der Waals surface area contributed by atoms with E-state index in [9.17, 15) is 23.6 Å². The fourth-order valence-electron chi connectivity index (χ4n) is 2.22. The second-order valence-corrected chi connectivity index (χ2v) is 8.04. The van der Waals surface area contributed by atoms with E-state index >= 15 is 0 Å². The summed E-state index contributed by atoms with van der Waals surface area (Å²) in [5, 5.41) is 24.6. The van der Waals surface area contributed by atoms with Gasteiger partial charge in [0.25, 0.3) is 5.69 Å². The number of nitro benzene ring substituents is 1. The van der Waals surface area contributed by atoms with E-state index in [0.717, 1.165) is 18.4 Å². The summed E-state index contributed by atoms with van der Waals surface area (Å²) in [4.78, 5) is 9.78.